The van der Waals surface area contributed by atoms with Crippen molar-refractivity contribution in [2.75, 3.05) is 34.0 Å². The number of nitrogens with one attached hydrogen (secondary N) is 5. The van der Waals surface area contributed by atoms with Crippen molar-refractivity contribution in [3.05, 3.63) is 72.6 Å². The minimum absolute atomic E-state index is 0.0668. The van der Waals surface area contributed by atoms with E-state index in [9.17, 15) is 19.2 Å². The number of benzene rings is 2. The van der Waals surface area contributed by atoms with Crippen LogP contribution in [0.2, 0.25) is 0 Å². The molecule has 7 rings (SSSR count). The Morgan fingerprint density at radius 3 is 2.02 bits per heavy atom. The molecule has 2 aromatic heterocycles. The van der Waals surface area contributed by atoms with Crippen LogP contribution in [0, 0.1) is 5.92 Å². The lowest BCUT2D eigenvalue weighted by Gasteiger charge is -2.29. The molecule has 0 unspecified atom stereocenters. The van der Waals surface area contributed by atoms with Crippen LogP contribution in [-0.2, 0) is 23.8 Å². The minimum atomic E-state index is -0.705. The third-order valence-electron chi connectivity index (χ3n) is 11.4. The summed E-state index contributed by atoms with van der Waals surface area (Å²) in [5.74, 6) is 0.904. The molecule has 2 saturated heterocycles. The van der Waals surface area contributed by atoms with Gasteiger partial charge in [-0.3, -0.25) is 9.59 Å². The molecule has 3 fully saturated rings. The van der Waals surface area contributed by atoms with E-state index in [1.54, 1.807) is 6.20 Å². The smallest absolute Gasteiger partial charge is 0.407 e. The number of likely N-dealkylation sites (tertiary alicyclic amines) is 1. The van der Waals surface area contributed by atoms with Gasteiger partial charge in [-0.1, -0.05) is 67.8 Å². The highest BCUT2D eigenvalue weighted by molar-refractivity contribution is 5.86. The van der Waals surface area contributed by atoms with E-state index in [0.717, 1.165) is 90.8 Å². The number of carbonyl (C=O) groups excluding carboxylic acids is 4. The van der Waals surface area contributed by atoms with Crippen LogP contribution in [0.15, 0.2) is 60.9 Å². The maximum absolute atomic E-state index is 13.7. The Kier molecular flexibility index (Phi) is 12.8. The Balaban J connectivity index is 0.989. The summed E-state index contributed by atoms with van der Waals surface area (Å²) in [6, 6.07) is 15.0. The van der Waals surface area contributed by atoms with Crippen molar-refractivity contribution in [2.45, 2.75) is 88.4 Å². The van der Waals surface area contributed by atoms with Gasteiger partial charge in [0.25, 0.3) is 0 Å². The van der Waals surface area contributed by atoms with Crippen LogP contribution < -0.4 is 16.0 Å². The van der Waals surface area contributed by atoms with E-state index in [2.05, 4.69) is 67.3 Å². The molecule has 4 heterocycles. The van der Waals surface area contributed by atoms with Crippen LogP contribution in [0.5, 0.6) is 0 Å². The number of nitrogens with zero attached hydrogens (tertiary/aromatic N) is 3. The summed E-state index contributed by atoms with van der Waals surface area (Å²) in [6.45, 7) is 1.77. The summed E-state index contributed by atoms with van der Waals surface area (Å²) in [7, 11) is 2.62. The van der Waals surface area contributed by atoms with Crippen LogP contribution in [0.1, 0.15) is 87.9 Å². The van der Waals surface area contributed by atoms with E-state index in [1.807, 2.05) is 23.2 Å². The molecule has 3 aliphatic rings. The lowest BCUT2D eigenvalue weighted by molar-refractivity contribution is -0.137. The van der Waals surface area contributed by atoms with E-state index in [4.69, 9.17) is 19.2 Å². The first-order valence-corrected chi connectivity index (χ1v) is 20.0. The summed E-state index contributed by atoms with van der Waals surface area (Å²) < 4.78 is 15.4. The van der Waals surface area contributed by atoms with Crippen LogP contribution in [-0.4, -0.2) is 94.9 Å². The molecule has 4 amide bonds. The Bertz CT molecular complexity index is 1990. The normalized spacial score (nSPS) is 23.2. The van der Waals surface area contributed by atoms with Gasteiger partial charge in [0, 0.05) is 25.8 Å². The van der Waals surface area contributed by atoms with Crippen molar-refractivity contribution in [2.24, 2.45) is 5.92 Å². The predicted octanol–water partition coefficient (Wildman–Crippen LogP) is 6.18. The molecular formula is C42H52N8O7. The van der Waals surface area contributed by atoms with Crippen LogP contribution >= 0.6 is 0 Å². The zero-order valence-corrected chi connectivity index (χ0v) is 32.6. The topological polar surface area (TPSA) is 193 Å². The number of alkyl carbamates (subject to hydrolysis) is 2. The maximum Gasteiger partial charge on any atom is 0.407 e. The molecule has 5 atom stereocenters. The fourth-order valence-electron chi connectivity index (χ4n) is 8.22. The van der Waals surface area contributed by atoms with Gasteiger partial charge in [-0.2, -0.15) is 0 Å². The van der Waals surface area contributed by atoms with Gasteiger partial charge >= 0.3 is 12.2 Å². The van der Waals surface area contributed by atoms with Crippen molar-refractivity contribution in [1.82, 2.24) is 40.8 Å². The average Bonchev–Trinajstić information content (AvgIpc) is 4.08. The SMILES string of the molecule is COC(=O)N[C@H]1CCCCCOCC[C@@H](c2ncc(-c3ccc(-c4ccc(-c5cnc([C@@H]6CCCN6C(=O)[C@H]6CCC[C@@H]6NC(=O)OC)[nH]5)cc4)cc3)[nH]2)NC1=O. The highest BCUT2D eigenvalue weighted by Crippen LogP contribution is 2.37. The summed E-state index contributed by atoms with van der Waals surface area (Å²) in [6.07, 6.45) is 10.2. The summed E-state index contributed by atoms with van der Waals surface area (Å²) >= 11 is 0. The number of amides is 4. The number of aromatic amines is 2. The molecule has 2 aliphatic heterocycles. The lowest BCUT2D eigenvalue weighted by Crippen LogP contribution is -2.48. The minimum Gasteiger partial charge on any atom is -0.453 e. The summed E-state index contributed by atoms with van der Waals surface area (Å²) in [5.41, 5.74) is 5.74. The number of H-pyrrole nitrogens is 2. The van der Waals surface area contributed by atoms with Gasteiger partial charge in [-0.15, -0.1) is 0 Å². The Morgan fingerprint density at radius 2 is 1.33 bits per heavy atom. The number of ether oxygens (including phenoxy) is 3. The van der Waals surface area contributed by atoms with Gasteiger partial charge in [0.2, 0.25) is 11.8 Å². The highest BCUT2D eigenvalue weighted by atomic mass is 16.5. The second-order valence-corrected chi connectivity index (χ2v) is 15.0. The van der Waals surface area contributed by atoms with Gasteiger partial charge in [-0.25, -0.2) is 19.6 Å². The number of rotatable bonds is 8. The average molecular weight is 781 g/mol. The number of methoxy groups -OCH3 is 2. The predicted molar refractivity (Wildman–Crippen MR) is 212 cm³/mol. The molecule has 302 valence electrons. The Labute approximate surface area is 332 Å². The van der Waals surface area contributed by atoms with E-state index < -0.39 is 24.3 Å². The third kappa shape index (κ3) is 9.47. The number of hydrogen-bond donors (Lipinski definition) is 5. The van der Waals surface area contributed by atoms with Crippen molar-refractivity contribution in [3.63, 3.8) is 0 Å². The third-order valence-corrected chi connectivity index (χ3v) is 11.4. The lowest BCUT2D eigenvalue weighted by atomic mass is 10.0. The quantitative estimate of drug-likeness (QED) is 0.139. The van der Waals surface area contributed by atoms with Crippen molar-refractivity contribution >= 4 is 24.0 Å². The number of carbonyl (C=O) groups is 4. The van der Waals surface area contributed by atoms with E-state index >= 15 is 0 Å². The molecule has 4 aromatic rings. The molecule has 57 heavy (non-hydrogen) atoms. The first kappa shape index (κ1) is 39.5. The van der Waals surface area contributed by atoms with E-state index in [0.29, 0.717) is 38.4 Å². The Hall–Kier alpha value is -5.70. The number of aromatic nitrogens is 4. The first-order chi connectivity index (χ1) is 27.8. The first-order valence-electron chi connectivity index (χ1n) is 20.0. The zero-order valence-electron chi connectivity index (χ0n) is 32.6. The van der Waals surface area contributed by atoms with Gasteiger partial charge in [0.15, 0.2) is 0 Å². The molecular weight excluding hydrogens is 729 g/mol. The van der Waals surface area contributed by atoms with E-state index in [1.165, 1.54) is 14.2 Å². The number of hydrogen-bond acceptors (Lipinski definition) is 9. The molecule has 1 aliphatic carbocycles. The van der Waals surface area contributed by atoms with Gasteiger partial charge < -0.3 is 45.0 Å². The molecule has 0 radical (unpaired) electrons. The van der Waals surface area contributed by atoms with Gasteiger partial charge in [0.05, 0.1) is 56.0 Å². The fraction of sp³-hybridized carbons (Fsp3) is 0.476. The largest absolute Gasteiger partial charge is 0.453 e. The fourth-order valence-corrected chi connectivity index (χ4v) is 8.22. The molecule has 0 spiro atoms. The molecule has 5 N–H and O–H groups in total. The molecule has 15 nitrogen and oxygen atoms in total. The summed E-state index contributed by atoms with van der Waals surface area (Å²) in [5, 5.41) is 8.59. The summed E-state index contributed by atoms with van der Waals surface area (Å²) in [4.78, 5) is 69.0. The standard InChI is InChI=1S/C42H52N8O7/c1-55-41(53)48-31-10-6-8-30(31)40(52)50-21-7-11-36(50)38-44-25-35(46-38)29-18-14-27(15-19-29)26-12-16-28(17-13-26)34-24-43-37(45-34)32-20-23-57-22-5-3-4-9-33(39(51)47-32)49-42(54)56-2/h12-19,24-25,30-33,36H,3-11,20-23H2,1-2H3,(H,43,45)(H,44,46)(H,47,51)(H,48,53)(H,49,54)/t30-,31-,32-,33-,36-/m0/s1. The van der Waals surface area contributed by atoms with Crippen molar-refractivity contribution in [3.8, 4) is 33.6 Å². The second kappa shape index (κ2) is 18.5. The van der Waals surface area contributed by atoms with Crippen molar-refractivity contribution < 1.29 is 33.4 Å². The highest BCUT2D eigenvalue weighted by Gasteiger charge is 2.41. The van der Waals surface area contributed by atoms with E-state index in [-0.39, 0.29) is 29.8 Å². The van der Waals surface area contributed by atoms with Crippen LogP contribution in [0.3, 0.4) is 0 Å². The second-order valence-electron chi connectivity index (χ2n) is 15.0. The van der Waals surface area contributed by atoms with Gasteiger partial charge in [-0.05, 0) is 67.2 Å². The molecule has 1 saturated carbocycles. The molecule has 0 bridgehead atoms. The maximum atomic E-state index is 13.7. The van der Waals surface area contributed by atoms with Crippen LogP contribution in [0.4, 0.5) is 9.59 Å². The Morgan fingerprint density at radius 1 is 0.702 bits per heavy atom. The molecule has 15 heteroatoms. The van der Waals surface area contributed by atoms with Gasteiger partial charge in [0.1, 0.15) is 17.7 Å². The van der Waals surface area contributed by atoms with Crippen LogP contribution in [0.25, 0.3) is 33.6 Å². The molecule has 2 aromatic carbocycles. The zero-order chi connectivity index (χ0) is 39.7. The van der Waals surface area contributed by atoms with Crippen molar-refractivity contribution in [1.29, 1.82) is 0 Å². The number of imidazole rings is 2. The monoisotopic (exact) mass is 780 g/mol.